The molecule has 0 bridgehead atoms. The minimum absolute atomic E-state index is 0.0347. The number of fused-ring (bicyclic) bond motifs is 1. The Hall–Kier alpha value is -2.04. The summed E-state index contributed by atoms with van der Waals surface area (Å²) in [5.74, 6) is -0.0942. The van der Waals surface area contributed by atoms with E-state index in [9.17, 15) is 9.59 Å². The molecule has 5 nitrogen and oxygen atoms in total. The van der Waals surface area contributed by atoms with Crippen LogP contribution in [-0.2, 0) is 16.0 Å². The smallest absolute Gasteiger partial charge is 0.307 e. The number of hydrogen-bond acceptors (Lipinski definition) is 3. The molecule has 1 aliphatic heterocycles. The van der Waals surface area contributed by atoms with Crippen molar-refractivity contribution in [3.8, 4) is 5.75 Å². The van der Waals surface area contributed by atoms with Gasteiger partial charge in [-0.1, -0.05) is 0 Å². The number of rotatable bonds is 4. The van der Waals surface area contributed by atoms with Crippen LogP contribution in [0.25, 0.3) is 0 Å². The molecule has 5 heteroatoms. The molecule has 1 amide bonds. The number of aryl methyl sites for hydroxylation is 1. The summed E-state index contributed by atoms with van der Waals surface area (Å²) >= 11 is 0. The van der Waals surface area contributed by atoms with Crippen molar-refractivity contribution in [3.05, 3.63) is 23.8 Å². The first-order valence-electron chi connectivity index (χ1n) is 6.90. The Labute approximate surface area is 116 Å². The SMILES string of the molecule is O=C(O)CC1(Oc2ccc3c(c2)CCC(=O)N3)CCC1. The molecule has 1 aliphatic carbocycles. The fraction of sp³-hybridized carbons (Fsp3) is 0.467. The van der Waals surface area contributed by atoms with Gasteiger partial charge in [0.05, 0.1) is 6.42 Å². The number of benzene rings is 1. The Morgan fingerprint density at radius 2 is 2.15 bits per heavy atom. The van der Waals surface area contributed by atoms with E-state index in [0.29, 0.717) is 18.6 Å². The van der Waals surface area contributed by atoms with Gasteiger partial charge in [-0.05, 0) is 49.4 Å². The molecule has 3 rings (SSSR count). The van der Waals surface area contributed by atoms with Gasteiger partial charge >= 0.3 is 5.97 Å². The zero-order valence-electron chi connectivity index (χ0n) is 11.1. The van der Waals surface area contributed by atoms with E-state index < -0.39 is 11.6 Å². The largest absolute Gasteiger partial charge is 0.487 e. The highest BCUT2D eigenvalue weighted by Gasteiger charge is 2.41. The standard InChI is InChI=1S/C15H17NO4/c17-13-5-2-10-8-11(3-4-12(10)16-13)20-15(6-1-7-15)9-14(18)19/h3-4,8H,1-2,5-7,9H2,(H,16,17)(H,18,19). The van der Waals surface area contributed by atoms with E-state index in [2.05, 4.69) is 5.32 Å². The quantitative estimate of drug-likeness (QED) is 0.884. The number of ether oxygens (including phenoxy) is 1. The van der Waals surface area contributed by atoms with Gasteiger partial charge in [-0.3, -0.25) is 9.59 Å². The summed E-state index contributed by atoms with van der Waals surface area (Å²) in [5.41, 5.74) is 1.33. The maximum atomic E-state index is 11.3. The summed E-state index contributed by atoms with van der Waals surface area (Å²) in [6.45, 7) is 0. The van der Waals surface area contributed by atoms with Gasteiger partial charge in [0.25, 0.3) is 0 Å². The van der Waals surface area contributed by atoms with Crippen molar-refractivity contribution in [2.75, 3.05) is 5.32 Å². The first-order chi connectivity index (χ1) is 9.56. The van der Waals surface area contributed by atoms with Crippen LogP contribution in [0, 0.1) is 0 Å². The number of amides is 1. The zero-order valence-corrected chi connectivity index (χ0v) is 11.1. The number of hydrogen-bond donors (Lipinski definition) is 2. The van der Waals surface area contributed by atoms with Gasteiger partial charge in [-0.25, -0.2) is 0 Å². The average Bonchev–Trinajstić information content (AvgIpc) is 2.36. The molecule has 1 aromatic carbocycles. The fourth-order valence-electron chi connectivity index (χ4n) is 2.83. The third-order valence-corrected chi connectivity index (χ3v) is 4.04. The zero-order chi connectivity index (χ0) is 14.2. The first kappa shape index (κ1) is 13.0. The van der Waals surface area contributed by atoms with Gasteiger partial charge in [0.15, 0.2) is 0 Å². The summed E-state index contributed by atoms with van der Waals surface area (Å²) in [5, 5.41) is 11.8. The minimum Gasteiger partial charge on any atom is -0.487 e. The van der Waals surface area contributed by atoms with Gasteiger partial charge in [-0.2, -0.15) is 0 Å². The second-order valence-corrected chi connectivity index (χ2v) is 5.58. The van der Waals surface area contributed by atoms with Crippen LogP contribution in [0.4, 0.5) is 5.69 Å². The lowest BCUT2D eigenvalue weighted by Gasteiger charge is -2.41. The molecule has 1 aromatic rings. The van der Waals surface area contributed by atoms with Crippen LogP contribution < -0.4 is 10.1 Å². The Balaban J connectivity index is 1.78. The van der Waals surface area contributed by atoms with Crippen molar-refractivity contribution >= 4 is 17.6 Å². The van der Waals surface area contributed by atoms with Crippen molar-refractivity contribution in [2.45, 2.75) is 44.1 Å². The molecular weight excluding hydrogens is 258 g/mol. The molecule has 1 heterocycles. The van der Waals surface area contributed by atoms with Crippen molar-refractivity contribution in [2.24, 2.45) is 0 Å². The molecule has 2 aliphatic rings. The van der Waals surface area contributed by atoms with Crippen LogP contribution in [0.2, 0.25) is 0 Å². The van der Waals surface area contributed by atoms with E-state index in [0.717, 1.165) is 30.5 Å². The molecular formula is C15H17NO4. The van der Waals surface area contributed by atoms with Gasteiger partial charge < -0.3 is 15.2 Å². The number of anilines is 1. The lowest BCUT2D eigenvalue weighted by Crippen LogP contribution is -2.45. The Morgan fingerprint density at radius 3 is 2.80 bits per heavy atom. The molecule has 0 aromatic heterocycles. The van der Waals surface area contributed by atoms with Gasteiger partial charge in [0.2, 0.25) is 5.91 Å². The molecule has 0 saturated heterocycles. The first-order valence-corrected chi connectivity index (χ1v) is 6.90. The van der Waals surface area contributed by atoms with Gasteiger partial charge in [-0.15, -0.1) is 0 Å². The molecule has 1 saturated carbocycles. The highest BCUT2D eigenvalue weighted by atomic mass is 16.5. The Bertz CT molecular complexity index is 563. The fourth-order valence-corrected chi connectivity index (χ4v) is 2.83. The van der Waals surface area contributed by atoms with E-state index >= 15 is 0 Å². The van der Waals surface area contributed by atoms with E-state index in [1.54, 1.807) is 6.07 Å². The van der Waals surface area contributed by atoms with E-state index in [1.165, 1.54) is 0 Å². The lowest BCUT2D eigenvalue weighted by atomic mass is 9.77. The third-order valence-electron chi connectivity index (χ3n) is 4.04. The Morgan fingerprint density at radius 1 is 1.35 bits per heavy atom. The second kappa shape index (κ2) is 4.81. The van der Waals surface area contributed by atoms with Crippen molar-refractivity contribution < 1.29 is 19.4 Å². The van der Waals surface area contributed by atoms with E-state index in [1.807, 2.05) is 12.1 Å². The van der Waals surface area contributed by atoms with E-state index in [4.69, 9.17) is 9.84 Å². The minimum atomic E-state index is -0.824. The van der Waals surface area contributed by atoms with Crippen LogP contribution >= 0.6 is 0 Å². The monoisotopic (exact) mass is 275 g/mol. The highest BCUT2D eigenvalue weighted by molar-refractivity contribution is 5.94. The number of carbonyl (C=O) groups is 2. The summed E-state index contributed by atoms with van der Waals surface area (Å²) in [6, 6.07) is 5.54. The summed E-state index contributed by atoms with van der Waals surface area (Å²) in [4.78, 5) is 22.2. The number of aliphatic carboxylic acids is 1. The maximum absolute atomic E-state index is 11.3. The van der Waals surface area contributed by atoms with Gasteiger partial charge in [0, 0.05) is 12.1 Å². The highest BCUT2D eigenvalue weighted by Crippen LogP contribution is 2.40. The summed E-state index contributed by atoms with van der Waals surface area (Å²) in [6.07, 6.45) is 3.80. The van der Waals surface area contributed by atoms with Crippen LogP contribution in [-0.4, -0.2) is 22.6 Å². The number of carboxylic acids is 1. The number of carboxylic acid groups (broad SMARTS) is 1. The topological polar surface area (TPSA) is 75.6 Å². The van der Waals surface area contributed by atoms with Crippen molar-refractivity contribution in [3.63, 3.8) is 0 Å². The molecule has 1 fully saturated rings. The maximum Gasteiger partial charge on any atom is 0.307 e. The normalized spacial score (nSPS) is 19.5. The summed E-state index contributed by atoms with van der Waals surface area (Å²) in [7, 11) is 0. The molecule has 0 unspecified atom stereocenters. The van der Waals surface area contributed by atoms with Crippen LogP contribution in [0.15, 0.2) is 18.2 Å². The molecule has 20 heavy (non-hydrogen) atoms. The molecule has 0 radical (unpaired) electrons. The van der Waals surface area contributed by atoms with Gasteiger partial charge in [0.1, 0.15) is 11.4 Å². The van der Waals surface area contributed by atoms with Crippen LogP contribution in [0.3, 0.4) is 0 Å². The third kappa shape index (κ3) is 2.48. The number of nitrogens with one attached hydrogen (secondary N) is 1. The van der Waals surface area contributed by atoms with Crippen molar-refractivity contribution in [1.29, 1.82) is 0 Å². The number of carbonyl (C=O) groups excluding carboxylic acids is 1. The second-order valence-electron chi connectivity index (χ2n) is 5.58. The lowest BCUT2D eigenvalue weighted by molar-refractivity contribution is -0.144. The average molecular weight is 275 g/mol. The Kier molecular flexibility index (Phi) is 3.12. The van der Waals surface area contributed by atoms with Crippen molar-refractivity contribution in [1.82, 2.24) is 0 Å². The predicted octanol–water partition coefficient (Wildman–Crippen LogP) is 2.35. The predicted molar refractivity (Wildman–Crippen MR) is 72.9 cm³/mol. The van der Waals surface area contributed by atoms with Crippen LogP contribution in [0.5, 0.6) is 5.75 Å². The summed E-state index contributed by atoms with van der Waals surface area (Å²) < 4.78 is 5.95. The molecule has 106 valence electrons. The molecule has 0 atom stereocenters. The van der Waals surface area contributed by atoms with E-state index in [-0.39, 0.29) is 12.3 Å². The van der Waals surface area contributed by atoms with Crippen LogP contribution in [0.1, 0.15) is 37.7 Å². The molecule has 0 spiro atoms. The molecule has 2 N–H and O–H groups in total.